The highest BCUT2D eigenvalue weighted by molar-refractivity contribution is 5.85. The lowest BCUT2D eigenvalue weighted by Crippen LogP contribution is -2.28. The van der Waals surface area contributed by atoms with Gasteiger partial charge in [-0.1, -0.05) is 18.2 Å². The Bertz CT molecular complexity index is 293. The van der Waals surface area contributed by atoms with Crippen molar-refractivity contribution < 1.29 is 0 Å². The lowest BCUT2D eigenvalue weighted by Gasteiger charge is -2.24. The summed E-state index contributed by atoms with van der Waals surface area (Å²) in [6.07, 6.45) is 1.24. The van der Waals surface area contributed by atoms with Gasteiger partial charge in [0.1, 0.15) is 0 Å². The van der Waals surface area contributed by atoms with Gasteiger partial charge in [0.2, 0.25) is 0 Å². The number of anilines is 1. The van der Waals surface area contributed by atoms with Crippen LogP contribution in [0.25, 0.3) is 0 Å². The Morgan fingerprint density at radius 3 is 2.73 bits per heavy atom. The highest BCUT2D eigenvalue weighted by Gasteiger charge is 2.10. The maximum atomic E-state index is 3.42. The van der Waals surface area contributed by atoms with Gasteiger partial charge in [-0.3, -0.25) is 0 Å². The second kappa shape index (κ2) is 5.99. The zero-order valence-corrected chi connectivity index (χ0v) is 10.0. The molecular formula is C12H19ClN2. The summed E-state index contributed by atoms with van der Waals surface area (Å²) >= 11 is 0. The van der Waals surface area contributed by atoms with Gasteiger partial charge in [-0.05, 0) is 31.5 Å². The van der Waals surface area contributed by atoms with Crippen LogP contribution in [-0.4, -0.2) is 26.2 Å². The molecule has 1 fully saturated rings. The first-order valence-corrected chi connectivity index (χ1v) is 5.39. The molecule has 0 spiro atoms. The van der Waals surface area contributed by atoms with Crippen molar-refractivity contribution in [2.24, 2.45) is 0 Å². The molecule has 84 valence electrons. The van der Waals surface area contributed by atoms with Gasteiger partial charge < -0.3 is 10.2 Å². The van der Waals surface area contributed by atoms with Crippen molar-refractivity contribution in [2.45, 2.75) is 13.3 Å². The summed E-state index contributed by atoms with van der Waals surface area (Å²) in [4.78, 5) is 2.48. The van der Waals surface area contributed by atoms with Gasteiger partial charge in [0, 0.05) is 25.3 Å². The number of benzene rings is 1. The number of nitrogens with zero attached hydrogens (tertiary/aromatic N) is 1. The van der Waals surface area contributed by atoms with Crippen molar-refractivity contribution in [3.63, 3.8) is 0 Å². The van der Waals surface area contributed by atoms with E-state index >= 15 is 0 Å². The van der Waals surface area contributed by atoms with Crippen molar-refractivity contribution in [1.82, 2.24) is 5.32 Å². The average molecular weight is 227 g/mol. The largest absolute Gasteiger partial charge is 0.370 e. The molecule has 0 amide bonds. The quantitative estimate of drug-likeness (QED) is 0.790. The molecule has 1 aliphatic rings. The Kier molecular flexibility index (Phi) is 4.92. The predicted molar refractivity (Wildman–Crippen MR) is 68.1 cm³/mol. The fourth-order valence-corrected chi connectivity index (χ4v) is 2.00. The van der Waals surface area contributed by atoms with Gasteiger partial charge >= 0.3 is 0 Å². The van der Waals surface area contributed by atoms with Crippen LogP contribution in [-0.2, 0) is 0 Å². The Morgan fingerprint density at radius 2 is 1.93 bits per heavy atom. The molecule has 0 bridgehead atoms. The minimum Gasteiger partial charge on any atom is -0.370 e. The minimum absolute atomic E-state index is 0. The van der Waals surface area contributed by atoms with E-state index in [9.17, 15) is 0 Å². The Labute approximate surface area is 98.1 Å². The third kappa shape index (κ3) is 3.11. The molecule has 1 saturated heterocycles. The normalized spacial score (nSPS) is 16.7. The second-order valence-electron chi connectivity index (χ2n) is 3.88. The SMILES string of the molecule is Cc1ccccc1N1CCCNCC1.Cl. The molecule has 0 unspecified atom stereocenters. The molecule has 1 aromatic rings. The molecule has 1 aliphatic heterocycles. The summed E-state index contributed by atoms with van der Waals surface area (Å²) < 4.78 is 0. The van der Waals surface area contributed by atoms with Crippen LogP contribution in [0.3, 0.4) is 0 Å². The lowest BCUT2D eigenvalue weighted by atomic mass is 10.2. The predicted octanol–water partition coefficient (Wildman–Crippen LogP) is 2.22. The van der Waals surface area contributed by atoms with E-state index in [1.54, 1.807) is 0 Å². The third-order valence-electron chi connectivity index (χ3n) is 2.80. The van der Waals surface area contributed by atoms with E-state index in [4.69, 9.17) is 0 Å². The standard InChI is InChI=1S/C12H18N2.ClH/c1-11-5-2-3-6-12(11)14-9-4-7-13-8-10-14;/h2-3,5-6,13H,4,7-10H2,1H3;1H. The van der Waals surface area contributed by atoms with Crippen LogP contribution in [0.5, 0.6) is 0 Å². The van der Waals surface area contributed by atoms with E-state index in [0.717, 1.165) is 19.6 Å². The Hall–Kier alpha value is -0.730. The van der Waals surface area contributed by atoms with Crippen molar-refractivity contribution in [1.29, 1.82) is 0 Å². The molecule has 1 aromatic carbocycles. The highest BCUT2D eigenvalue weighted by Crippen LogP contribution is 2.19. The molecule has 0 atom stereocenters. The molecule has 15 heavy (non-hydrogen) atoms. The maximum Gasteiger partial charge on any atom is 0.0396 e. The molecule has 0 aliphatic carbocycles. The van der Waals surface area contributed by atoms with E-state index < -0.39 is 0 Å². The molecular weight excluding hydrogens is 208 g/mol. The molecule has 0 radical (unpaired) electrons. The minimum atomic E-state index is 0. The first kappa shape index (κ1) is 12.3. The number of aryl methyl sites for hydroxylation is 1. The van der Waals surface area contributed by atoms with Gasteiger partial charge in [0.05, 0.1) is 0 Å². The smallest absolute Gasteiger partial charge is 0.0396 e. The van der Waals surface area contributed by atoms with E-state index in [-0.39, 0.29) is 12.4 Å². The topological polar surface area (TPSA) is 15.3 Å². The Morgan fingerprint density at radius 1 is 1.13 bits per heavy atom. The van der Waals surface area contributed by atoms with Crippen molar-refractivity contribution in [3.8, 4) is 0 Å². The van der Waals surface area contributed by atoms with Crippen LogP contribution in [0.4, 0.5) is 5.69 Å². The first-order chi connectivity index (χ1) is 6.88. The highest BCUT2D eigenvalue weighted by atomic mass is 35.5. The van der Waals surface area contributed by atoms with Crippen LogP contribution in [0.1, 0.15) is 12.0 Å². The summed E-state index contributed by atoms with van der Waals surface area (Å²) in [7, 11) is 0. The van der Waals surface area contributed by atoms with Crippen molar-refractivity contribution in [2.75, 3.05) is 31.1 Å². The zero-order valence-electron chi connectivity index (χ0n) is 9.20. The molecule has 0 aromatic heterocycles. The zero-order chi connectivity index (χ0) is 9.80. The van der Waals surface area contributed by atoms with E-state index in [0.29, 0.717) is 0 Å². The summed E-state index contributed by atoms with van der Waals surface area (Å²) in [6.45, 7) is 6.76. The molecule has 1 N–H and O–H groups in total. The number of para-hydroxylation sites is 1. The number of hydrogen-bond donors (Lipinski definition) is 1. The van der Waals surface area contributed by atoms with Gasteiger partial charge in [-0.25, -0.2) is 0 Å². The van der Waals surface area contributed by atoms with Gasteiger partial charge in [0.25, 0.3) is 0 Å². The van der Waals surface area contributed by atoms with Crippen LogP contribution in [0.15, 0.2) is 24.3 Å². The summed E-state index contributed by atoms with van der Waals surface area (Å²) in [5.41, 5.74) is 2.78. The number of nitrogens with one attached hydrogen (secondary N) is 1. The van der Waals surface area contributed by atoms with Gasteiger partial charge in [-0.15, -0.1) is 12.4 Å². The number of hydrogen-bond acceptors (Lipinski definition) is 2. The molecule has 2 nitrogen and oxygen atoms in total. The Balaban J connectivity index is 0.00000112. The van der Waals surface area contributed by atoms with Crippen LogP contribution in [0, 0.1) is 6.92 Å². The summed E-state index contributed by atoms with van der Waals surface area (Å²) in [5, 5.41) is 3.42. The lowest BCUT2D eigenvalue weighted by molar-refractivity contribution is 0.724. The average Bonchev–Trinajstić information content (AvgIpc) is 2.47. The van der Waals surface area contributed by atoms with E-state index in [1.165, 1.54) is 24.2 Å². The molecule has 1 heterocycles. The van der Waals surface area contributed by atoms with Crippen LogP contribution in [0.2, 0.25) is 0 Å². The van der Waals surface area contributed by atoms with Crippen LogP contribution < -0.4 is 10.2 Å². The van der Waals surface area contributed by atoms with E-state index in [1.807, 2.05) is 0 Å². The molecule has 0 saturated carbocycles. The van der Waals surface area contributed by atoms with Gasteiger partial charge in [0.15, 0.2) is 0 Å². The van der Waals surface area contributed by atoms with Crippen molar-refractivity contribution >= 4 is 18.1 Å². The number of rotatable bonds is 1. The molecule has 3 heteroatoms. The van der Waals surface area contributed by atoms with Gasteiger partial charge in [-0.2, -0.15) is 0 Å². The monoisotopic (exact) mass is 226 g/mol. The van der Waals surface area contributed by atoms with Crippen molar-refractivity contribution in [3.05, 3.63) is 29.8 Å². The second-order valence-corrected chi connectivity index (χ2v) is 3.88. The van der Waals surface area contributed by atoms with Crippen LogP contribution >= 0.6 is 12.4 Å². The molecule has 2 rings (SSSR count). The maximum absolute atomic E-state index is 3.42. The third-order valence-corrected chi connectivity index (χ3v) is 2.80. The fraction of sp³-hybridized carbons (Fsp3) is 0.500. The summed E-state index contributed by atoms with van der Waals surface area (Å²) in [6, 6.07) is 8.64. The first-order valence-electron chi connectivity index (χ1n) is 5.39. The van der Waals surface area contributed by atoms with E-state index in [2.05, 4.69) is 41.4 Å². The fourth-order valence-electron chi connectivity index (χ4n) is 2.00. The summed E-state index contributed by atoms with van der Waals surface area (Å²) in [5.74, 6) is 0. The number of halogens is 1.